The van der Waals surface area contributed by atoms with Crippen LogP contribution >= 0.6 is 0 Å². The molecule has 1 aliphatic heterocycles. The van der Waals surface area contributed by atoms with Gasteiger partial charge in [0.05, 0.1) is 13.2 Å². The van der Waals surface area contributed by atoms with Crippen molar-refractivity contribution in [2.24, 2.45) is 0 Å². The molecule has 0 atom stereocenters. The van der Waals surface area contributed by atoms with Gasteiger partial charge in [-0.3, -0.25) is 9.20 Å². The number of ether oxygens (including phenoxy) is 1. The molecule has 1 N–H and O–H groups in total. The molecule has 3 aromatic heterocycles. The number of nitrogens with zero attached hydrogens (tertiary/aromatic N) is 5. The van der Waals surface area contributed by atoms with E-state index in [1.54, 1.807) is 22.6 Å². The highest BCUT2D eigenvalue weighted by molar-refractivity contribution is 6.04. The zero-order valence-corrected chi connectivity index (χ0v) is 16.5. The third-order valence-electron chi connectivity index (χ3n) is 5.10. The fourth-order valence-corrected chi connectivity index (χ4v) is 3.53. The van der Waals surface area contributed by atoms with Crippen LogP contribution in [-0.2, 0) is 4.74 Å². The molecule has 0 unspecified atom stereocenters. The fraction of sp³-hybridized carbons (Fsp3) is 0.182. The molecule has 1 fully saturated rings. The second-order valence-corrected chi connectivity index (χ2v) is 7.06. The average Bonchev–Trinajstić information content (AvgIpc) is 3.18. The monoisotopic (exact) mass is 418 g/mol. The number of morpholine rings is 1. The Morgan fingerprint density at radius 1 is 1.06 bits per heavy atom. The molecule has 0 radical (unpaired) electrons. The number of carbonyl (C=O) groups excluding carboxylic acids is 1. The van der Waals surface area contributed by atoms with E-state index in [9.17, 15) is 9.18 Å². The Morgan fingerprint density at radius 2 is 1.87 bits per heavy atom. The number of fused-ring (bicyclic) bond motifs is 1. The predicted molar refractivity (Wildman–Crippen MR) is 114 cm³/mol. The quantitative estimate of drug-likeness (QED) is 0.549. The summed E-state index contributed by atoms with van der Waals surface area (Å²) in [4.78, 5) is 28.2. The van der Waals surface area contributed by atoms with Crippen LogP contribution in [0.4, 0.5) is 16.0 Å². The van der Waals surface area contributed by atoms with Crippen molar-refractivity contribution in [3.05, 3.63) is 72.6 Å². The number of amides is 1. The van der Waals surface area contributed by atoms with E-state index in [0.29, 0.717) is 54.8 Å². The largest absolute Gasteiger partial charge is 0.378 e. The molecule has 8 nitrogen and oxygen atoms in total. The highest BCUT2D eigenvalue weighted by atomic mass is 19.1. The lowest BCUT2D eigenvalue weighted by atomic mass is 10.1. The van der Waals surface area contributed by atoms with Crippen LogP contribution in [0.25, 0.3) is 16.9 Å². The zero-order chi connectivity index (χ0) is 21.2. The lowest BCUT2D eigenvalue weighted by Crippen LogP contribution is -2.37. The third-order valence-corrected chi connectivity index (χ3v) is 5.10. The summed E-state index contributed by atoms with van der Waals surface area (Å²) in [5.74, 6) is 0.444. The Labute approximate surface area is 177 Å². The number of anilines is 2. The molecular formula is C22H19FN6O2. The first kappa shape index (κ1) is 19.1. The minimum atomic E-state index is -0.383. The van der Waals surface area contributed by atoms with E-state index < -0.39 is 0 Å². The van der Waals surface area contributed by atoms with Crippen molar-refractivity contribution in [3.8, 4) is 11.3 Å². The minimum absolute atomic E-state index is 0.243. The lowest BCUT2D eigenvalue weighted by Gasteiger charge is -2.27. The van der Waals surface area contributed by atoms with Gasteiger partial charge in [-0.1, -0.05) is 6.07 Å². The Bertz CT molecular complexity index is 1230. The average molecular weight is 418 g/mol. The minimum Gasteiger partial charge on any atom is -0.378 e. The van der Waals surface area contributed by atoms with Gasteiger partial charge in [-0.2, -0.15) is 0 Å². The van der Waals surface area contributed by atoms with Gasteiger partial charge in [0.2, 0.25) is 0 Å². The molecule has 1 saturated heterocycles. The van der Waals surface area contributed by atoms with E-state index in [4.69, 9.17) is 4.74 Å². The van der Waals surface area contributed by atoms with Crippen LogP contribution in [0.2, 0.25) is 0 Å². The molecule has 0 aliphatic carbocycles. The summed E-state index contributed by atoms with van der Waals surface area (Å²) in [6.45, 7) is 2.66. The molecule has 0 bridgehead atoms. The molecule has 4 heterocycles. The number of pyridine rings is 1. The van der Waals surface area contributed by atoms with Gasteiger partial charge < -0.3 is 15.0 Å². The van der Waals surface area contributed by atoms with Crippen LogP contribution in [0.5, 0.6) is 0 Å². The summed E-state index contributed by atoms with van der Waals surface area (Å²) in [6.07, 6.45) is 3.19. The van der Waals surface area contributed by atoms with Crippen LogP contribution < -0.4 is 10.2 Å². The van der Waals surface area contributed by atoms with Gasteiger partial charge in [0.15, 0.2) is 0 Å². The molecule has 156 valence electrons. The van der Waals surface area contributed by atoms with Gasteiger partial charge in [-0.15, -0.1) is 0 Å². The van der Waals surface area contributed by atoms with Gasteiger partial charge in [0.1, 0.15) is 40.8 Å². The molecule has 9 heteroatoms. The van der Waals surface area contributed by atoms with E-state index >= 15 is 0 Å². The van der Waals surface area contributed by atoms with E-state index in [2.05, 4.69) is 25.2 Å². The first-order valence-corrected chi connectivity index (χ1v) is 9.88. The van der Waals surface area contributed by atoms with E-state index in [1.165, 1.54) is 18.5 Å². The van der Waals surface area contributed by atoms with Gasteiger partial charge >= 0.3 is 0 Å². The molecule has 1 aliphatic rings. The van der Waals surface area contributed by atoms with Gasteiger partial charge in [-0.25, -0.2) is 19.3 Å². The number of aromatic nitrogens is 4. The fourth-order valence-electron chi connectivity index (χ4n) is 3.53. The van der Waals surface area contributed by atoms with E-state index in [-0.39, 0.29) is 17.4 Å². The van der Waals surface area contributed by atoms with Gasteiger partial charge in [0.25, 0.3) is 5.91 Å². The molecule has 0 saturated carbocycles. The predicted octanol–water partition coefficient (Wildman–Crippen LogP) is 3.02. The van der Waals surface area contributed by atoms with Crippen molar-refractivity contribution < 1.29 is 13.9 Å². The van der Waals surface area contributed by atoms with Crippen molar-refractivity contribution in [1.29, 1.82) is 0 Å². The first-order valence-electron chi connectivity index (χ1n) is 9.88. The second-order valence-electron chi connectivity index (χ2n) is 7.06. The van der Waals surface area contributed by atoms with Gasteiger partial charge in [-0.05, 0) is 36.4 Å². The number of imidazole rings is 1. The van der Waals surface area contributed by atoms with Crippen molar-refractivity contribution in [2.75, 3.05) is 36.5 Å². The summed E-state index contributed by atoms with van der Waals surface area (Å²) in [5.41, 5.74) is 2.14. The summed E-state index contributed by atoms with van der Waals surface area (Å²) in [6, 6.07) is 13.2. The van der Waals surface area contributed by atoms with Crippen LogP contribution in [-0.4, -0.2) is 51.6 Å². The lowest BCUT2D eigenvalue weighted by molar-refractivity contribution is 0.102. The van der Waals surface area contributed by atoms with Crippen molar-refractivity contribution in [2.45, 2.75) is 0 Å². The van der Waals surface area contributed by atoms with E-state index in [0.717, 1.165) is 0 Å². The molecule has 31 heavy (non-hydrogen) atoms. The molecule has 4 aromatic rings. The zero-order valence-electron chi connectivity index (χ0n) is 16.5. The standard InChI is InChI=1S/C22H19FN6O2/c23-16-6-4-15(5-7-16)20-21(29-8-2-1-3-18(29)26-20)27-22(30)17-13-19(25-14-24-17)28-9-11-31-12-10-28/h1-8,13-14H,9-12H2,(H,27,30). The second kappa shape index (κ2) is 8.11. The molecule has 0 spiro atoms. The maximum atomic E-state index is 13.4. The maximum Gasteiger partial charge on any atom is 0.275 e. The van der Waals surface area contributed by atoms with Crippen LogP contribution in [0.15, 0.2) is 61.1 Å². The molecule has 1 amide bonds. The van der Waals surface area contributed by atoms with Crippen molar-refractivity contribution in [1.82, 2.24) is 19.4 Å². The SMILES string of the molecule is O=C(Nc1c(-c2ccc(F)cc2)nc2ccccn12)c1cc(N2CCOCC2)ncn1. The smallest absolute Gasteiger partial charge is 0.275 e. The number of hydrogen-bond donors (Lipinski definition) is 1. The Balaban J connectivity index is 1.49. The van der Waals surface area contributed by atoms with Crippen LogP contribution in [0.1, 0.15) is 10.5 Å². The number of halogens is 1. The number of carbonyl (C=O) groups is 1. The maximum absolute atomic E-state index is 13.4. The Hall–Kier alpha value is -3.85. The highest BCUT2D eigenvalue weighted by Crippen LogP contribution is 2.29. The molecule has 1 aromatic carbocycles. The summed E-state index contributed by atoms with van der Waals surface area (Å²) >= 11 is 0. The normalized spacial score (nSPS) is 14.0. The number of benzene rings is 1. The van der Waals surface area contributed by atoms with Crippen molar-refractivity contribution in [3.63, 3.8) is 0 Å². The summed E-state index contributed by atoms with van der Waals surface area (Å²) in [7, 11) is 0. The number of hydrogen-bond acceptors (Lipinski definition) is 6. The molecular weight excluding hydrogens is 399 g/mol. The number of nitrogens with one attached hydrogen (secondary N) is 1. The van der Waals surface area contributed by atoms with Crippen LogP contribution in [0, 0.1) is 5.82 Å². The first-order chi connectivity index (χ1) is 15.2. The van der Waals surface area contributed by atoms with Crippen LogP contribution in [0.3, 0.4) is 0 Å². The highest BCUT2D eigenvalue weighted by Gasteiger charge is 2.20. The third kappa shape index (κ3) is 3.82. The van der Waals surface area contributed by atoms with E-state index in [1.807, 2.05) is 24.4 Å². The Morgan fingerprint density at radius 3 is 2.68 bits per heavy atom. The van der Waals surface area contributed by atoms with Gasteiger partial charge in [0, 0.05) is 30.9 Å². The van der Waals surface area contributed by atoms with Crippen molar-refractivity contribution >= 4 is 23.2 Å². The topological polar surface area (TPSA) is 84.7 Å². The molecule has 5 rings (SSSR count). The summed E-state index contributed by atoms with van der Waals surface area (Å²) in [5, 5.41) is 2.93. The Kier molecular flexibility index (Phi) is 5.01. The number of rotatable bonds is 4. The summed E-state index contributed by atoms with van der Waals surface area (Å²) < 4.78 is 20.6.